The van der Waals surface area contributed by atoms with Gasteiger partial charge in [0.15, 0.2) is 5.84 Å². The lowest BCUT2D eigenvalue weighted by atomic mass is 10.2. The van der Waals surface area contributed by atoms with Crippen molar-refractivity contribution in [2.75, 3.05) is 0 Å². The van der Waals surface area contributed by atoms with E-state index in [2.05, 4.69) is 26.1 Å². The van der Waals surface area contributed by atoms with Gasteiger partial charge in [-0.25, -0.2) is 0 Å². The Kier molecular flexibility index (Phi) is 4.57. The highest BCUT2D eigenvalue weighted by Crippen LogP contribution is 2.23. The van der Waals surface area contributed by atoms with Crippen LogP contribution in [0.15, 0.2) is 46.0 Å². The highest BCUT2D eigenvalue weighted by Gasteiger charge is 2.09. The van der Waals surface area contributed by atoms with Crippen LogP contribution in [-0.4, -0.2) is 16.0 Å². The number of nitrogens with two attached hydrogens (primary N) is 1. The summed E-state index contributed by atoms with van der Waals surface area (Å²) in [6.07, 6.45) is 0. The van der Waals surface area contributed by atoms with Gasteiger partial charge in [0.05, 0.1) is 11.3 Å². The molecule has 0 aliphatic rings. The van der Waals surface area contributed by atoms with Gasteiger partial charge in [0.2, 0.25) is 0 Å². The van der Waals surface area contributed by atoms with Crippen molar-refractivity contribution in [3.8, 4) is 5.75 Å². The van der Waals surface area contributed by atoms with Gasteiger partial charge in [0.25, 0.3) is 0 Å². The SMILES string of the molecule is Cc1cccc(COc2ccc(Br)cc2/C(N)=N/O)n1. The molecule has 6 heteroatoms. The molecule has 3 N–H and O–H groups in total. The molecule has 5 nitrogen and oxygen atoms in total. The Hall–Kier alpha value is -2.08. The number of amidine groups is 1. The summed E-state index contributed by atoms with van der Waals surface area (Å²) in [4.78, 5) is 4.36. The summed E-state index contributed by atoms with van der Waals surface area (Å²) in [5, 5.41) is 11.8. The first-order valence-electron chi connectivity index (χ1n) is 5.93. The fourth-order valence-corrected chi connectivity index (χ4v) is 2.07. The van der Waals surface area contributed by atoms with E-state index in [1.807, 2.05) is 31.2 Å². The van der Waals surface area contributed by atoms with Crippen molar-refractivity contribution >= 4 is 21.8 Å². The zero-order valence-corrected chi connectivity index (χ0v) is 12.5. The Bertz CT molecular complexity index is 644. The number of ether oxygens (including phenoxy) is 1. The Balaban J connectivity index is 2.21. The van der Waals surface area contributed by atoms with Crippen molar-refractivity contribution in [1.82, 2.24) is 4.98 Å². The Labute approximate surface area is 125 Å². The van der Waals surface area contributed by atoms with Crippen LogP contribution >= 0.6 is 15.9 Å². The second kappa shape index (κ2) is 6.38. The van der Waals surface area contributed by atoms with Crippen LogP contribution in [0.2, 0.25) is 0 Å². The standard InChI is InChI=1S/C14H14BrN3O2/c1-9-3-2-4-11(17-9)8-20-13-6-5-10(15)7-12(13)14(16)18-19/h2-7,19H,8H2,1H3,(H2,16,18). The van der Waals surface area contributed by atoms with E-state index < -0.39 is 0 Å². The topological polar surface area (TPSA) is 80.7 Å². The van der Waals surface area contributed by atoms with E-state index in [0.29, 0.717) is 17.9 Å². The molecule has 104 valence electrons. The molecule has 2 aromatic rings. The van der Waals surface area contributed by atoms with Gasteiger partial charge < -0.3 is 15.7 Å². The molecule has 0 saturated carbocycles. The first-order valence-corrected chi connectivity index (χ1v) is 6.72. The summed E-state index contributed by atoms with van der Waals surface area (Å²) in [5.41, 5.74) is 7.91. The van der Waals surface area contributed by atoms with E-state index in [9.17, 15) is 0 Å². The van der Waals surface area contributed by atoms with Crippen LogP contribution in [0.1, 0.15) is 17.0 Å². The van der Waals surface area contributed by atoms with Gasteiger partial charge in [-0.1, -0.05) is 27.2 Å². The van der Waals surface area contributed by atoms with Crippen LogP contribution < -0.4 is 10.5 Å². The maximum atomic E-state index is 8.80. The third kappa shape index (κ3) is 3.48. The molecule has 0 saturated heterocycles. The first kappa shape index (κ1) is 14.3. The average molecular weight is 336 g/mol. The zero-order valence-electron chi connectivity index (χ0n) is 10.9. The minimum Gasteiger partial charge on any atom is -0.487 e. The monoisotopic (exact) mass is 335 g/mol. The summed E-state index contributed by atoms with van der Waals surface area (Å²) in [5.74, 6) is 0.533. The lowest BCUT2D eigenvalue weighted by Gasteiger charge is -2.11. The van der Waals surface area contributed by atoms with Gasteiger partial charge in [-0.05, 0) is 37.3 Å². The predicted molar refractivity (Wildman–Crippen MR) is 80.0 cm³/mol. The normalized spacial score (nSPS) is 11.4. The van der Waals surface area contributed by atoms with Crippen molar-refractivity contribution in [2.45, 2.75) is 13.5 Å². The Morgan fingerprint density at radius 2 is 2.20 bits per heavy atom. The van der Waals surface area contributed by atoms with E-state index >= 15 is 0 Å². The number of aromatic nitrogens is 1. The average Bonchev–Trinajstić information content (AvgIpc) is 2.45. The number of oxime groups is 1. The fourth-order valence-electron chi connectivity index (χ4n) is 1.71. The van der Waals surface area contributed by atoms with Crippen molar-refractivity contribution < 1.29 is 9.94 Å². The molecule has 0 aliphatic heterocycles. The van der Waals surface area contributed by atoms with E-state index in [-0.39, 0.29) is 5.84 Å². The molecule has 0 bridgehead atoms. The van der Waals surface area contributed by atoms with Crippen LogP contribution in [0.25, 0.3) is 0 Å². The quantitative estimate of drug-likeness (QED) is 0.389. The fraction of sp³-hybridized carbons (Fsp3) is 0.143. The van der Waals surface area contributed by atoms with E-state index in [1.165, 1.54) is 0 Å². The Morgan fingerprint density at radius 1 is 1.40 bits per heavy atom. The largest absolute Gasteiger partial charge is 0.487 e. The molecule has 20 heavy (non-hydrogen) atoms. The van der Waals surface area contributed by atoms with Crippen LogP contribution in [-0.2, 0) is 6.61 Å². The van der Waals surface area contributed by atoms with Crippen molar-refractivity contribution in [1.29, 1.82) is 0 Å². The minimum atomic E-state index is -0.00139. The van der Waals surface area contributed by atoms with Gasteiger partial charge in [-0.15, -0.1) is 0 Å². The smallest absolute Gasteiger partial charge is 0.173 e. The van der Waals surface area contributed by atoms with Crippen LogP contribution in [0.5, 0.6) is 5.75 Å². The summed E-state index contributed by atoms with van der Waals surface area (Å²) in [6.45, 7) is 2.24. The predicted octanol–water partition coefficient (Wildman–Crippen LogP) is 2.83. The molecule has 1 aromatic heterocycles. The third-order valence-corrected chi connectivity index (χ3v) is 3.14. The lowest BCUT2D eigenvalue weighted by Crippen LogP contribution is -2.15. The molecular weight excluding hydrogens is 322 g/mol. The molecular formula is C14H14BrN3O2. The molecule has 0 aliphatic carbocycles. The van der Waals surface area contributed by atoms with Gasteiger partial charge in [-0.2, -0.15) is 0 Å². The van der Waals surface area contributed by atoms with Crippen molar-refractivity contribution in [3.63, 3.8) is 0 Å². The number of halogens is 1. The summed E-state index contributed by atoms with van der Waals surface area (Å²) >= 11 is 3.34. The van der Waals surface area contributed by atoms with Crippen LogP contribution in [0, 0.1) is 6.92 Å². The van der Waals surface area contributed by atoms with Crippen molar-refractivity contribution in [3.05, 3.63) is 57.8 Å². The third-order valence-electron chi connectivity index (χ3n) is 2.65. The van der Waals surface area contributed by atoms with Gasteiger partial charge in [0.1, 0.15) is 12.4 Å². The molecule has 1 heterocycles. The maximum Gasteiger partial charge on any atom is 0.173 e. The van der Waals surface area contributed by atoms with Gasteiger partial charge in [-0.3, -0.25) is 4.98 Å². The van der Waals surface area contributed by atoms with Gasteiger partial charge in [0, 0.05) is 10.2 Å². The number of aryl methyl sites for hydroxylation is 1. The summed E-state index contributed by atoms with van der Waals surface area (Å²) in [6, 6.07) is 11.0. The number of hydrogen-bond donors (Lipinski definition) is 2. The minimum absolute atomic E-state index is 0.00139. The molecule has 0 atom stereocenters. The zero-order chi connectivity index (χ0) is 14.5. The second-order valence-corrected chi connectivity index (χ2v) is 5.10. The van der Waals surface area contributed by atoms with Crippen LogP contribution in [0.3, 0.4) is 0 Å². The highest BCUT2D eigenvalue weighted by molar-refractivity contribution is 9.10. The Morgan fingerprint density at radius 3 is 2.90 bits per heavy atom. The molecule has 0 unspecified atom stereocenters. The number of benzene rings is 1. The summed E-state index contributed by atoms with van der Waals surface area (Å²) < 4.78 is 6.52. The number of rotatable bonds is 4. The number of hydrogen-bond acceptors (Lipinski definition) is 4. The molecule has 0 radical (unpaired) electrons. The maximum absolute atomic E-state index is 8.80. The van der Waals surface area contributed by atoms with E-state index in [4.69, 9.17) is 15.7 Å². The number of pyridine rings is 1. The van der Waals surface area contributed by atoms with Crippen LogP contribution in [0.4, 0.5) is 0 Å². The molecule has 2 rings (SSSR count). The van der Waals surface area contributed by atoms with Crippen molar-refractivity contribution in [2.24, 2.45) is 10.9 Å². The molecule has 0 amide bonds. The van der Waals surface area contributed by atoms with Gasteiger partial charge >= 0.3 is 0 Å². The first-order chi connectivity index (χ1) is 9.60. The second-order valence-electron chi connectivity index (χ2n) is 4.18. The summed E-state index contributed by atoms with van der Waals surface area (Å²) in [7, 11) is 0. The number of nitrogens with zero attached hydrogens (tertiary/aromatic N) is 2. The molecule has 1 aromatic carbocycles. The molecule has 0 spiro atoms. The molecule has 0 fully saturated rings. The van der Waals surface area contributed by atoms with E-state index in [1.54, 1.807) is 12.1 Å². The van der Waals surface area contributed by atoms with E-state index in [0.717, 1.165) is 15.9 Å². The highest BCUT2D eigenvalue weighted by atomic mass is 79.9. The lowest BCUT2D eigenvalue weighted by molar-refractivity contribution is 0.298.